The van der Waals surface area contributed by atoms with E-state index in [0.717, 1.165) is 17.2 Å². The third-order valence-corrected chi connectivity index (χ3v) is 3.44. The van der Waals surface area contributed by atoms with Crippen LogP contribution >= 0.6 is 0 Å². The van der Waals surface area contributed by atoms with Crippen molar-refractivity contribution in [1.82, 2.24) is 9.97 Å². The Balaban J connectivity index is 3.17. The molecule has 0 bridgehead atoms. The van der Waals surface area contributed by atoms with Crippen LogP contribution in [0.25, 0.3) is 0 Å². The van der Waals surface area contributed by atoms with Gasteiger partial charge in [0.25, 0.3) is 0 Å². The molecule has 4 nitrogen and oxygen atoms in total. The lowest BCUT2D eigenvalue weighted by atomic mass is 9.87. The van der Waals surface area contributed by atoms with Gasteiger partial charge in [0.15, 0.2) is 0 Å². The molecule has 2 N–H and O–H groups in total. The largest absolute Gasteiger partial charge is 0.383 e. The molecular weight excluding hydrogens is 212 g/mol. The molecule has 4 heteroatoms. The molecule has 96 valence electrons. The molecule has 0 saturated heterocycles. The third-order valence-electron chi connectivity index (χ3n) is 3.44. The zero-order valence-corrected chi connectivity index (χ0v) is 12.0. The van der Waals surface area contributed by atoms with Crippen LogP contribution in [-0.2, 0) is 0 Å². The fourth-order valence-corrected chi connectivity index (χ4v) is 1.74. The molecule has 1 aromatic rings. The van der Waals surface area contributed by atoms with E-state index in [0.29, 0.717) is 11.9 Å². The maximum absolute atomic E-state index is 5.89. The molecule has 0 fully saturated rings. The van der Waals surface area contributed by atoms with Crippen LogP contribution in [0.4, 0.5) is 11.6 Å². The van der Waals surface area contributed by atoms with E-state index < -0.39 is 0 Å². The Labute approximate surface area is 104 Å². The molecule has 0 saturated carbocycles. The van der Waals surface area contributed by atoms with Crippen LogP contribution in [0.15, 0.2) is 0 Å². The van der Waals surface area contributed by atoms with E-state index >= 15 is 0 Å². The summed E-state index contributed by atoms with van der Waals surface area (Å²) >= 11 is 0. The van der Waals surface area contributed by atoms with Crippen LogP contribution in [0.5, 0.6) is 0 Å². The topological polar surface area (TPSA) is 55.0 Å². The molecule has 1 heterocycles. The summed E-state index contributed by atoms with van der Waals surface area (Å²) in [4.78, 5) is 10.9. The first-order valence-electron chi connectivity index (χ1n) is 5.98. The lowest BCUT2D eigenvalue weighted by Crippen LogP contribution is -2.40. The van der Waals surface area contributed by atoms with Gasteiger partial charge in [0.2, 0.25) is 0 Å². The minimum absolute atomic E-state index is 0.189. The van der Waals surface area contributed by atoms with Gasteiger partial charge in [0, 0.05) is 18.7 Å². The molecule has 1 atom stereocenters. The molecule has 0 spiro atoms. The van der Waals surface area contributed by atoms with Crippen LogP contribution in [0.2, 0.25) is 0 Å². The molecule has 0 amide bonds. The maximum atomic E-state index is 5.89. The summed E-state index contributed by atoms with van der Waals surface area (Å²) in [7, 11) is 2.06. The van der Waals surface area contributed by atoms with Crippen LogP contribution in [0.1, 0.15) is 39.1 Å². The third kappa shape index (κ3) is 2.87. The summed E-state index contributed by atoms with van der Waals surface area (Å²) < 4.78 is 0. The van der Waals surface area contributed by atoms with Gasteiger partial charge in [-0.05, 0) is 26.2 Å². The average molecular weight is 236 g/mol. The first-order chi connectivity index (χ1) is 7.64. The van der Waals surface area contributed by atoms with Crippen molar-refractivity contribution in [3.63, 3.8) is 0 Å². The number of hydrogen-bond acceptors (Lipinski definition) is 4. The molecule has 1 unspecified atom stereocenters. The standard InChI is InChI=1S/C13H24N4/c1-8-11(14)15-10(3)16-12(8)17(7)9(2)13(4,5)6/h9H,1-7H3,(H2,14,15,16). The Kier molecular flexibility index (Phi) is 3.65. The lowest BCUT2D eigenvalue weighted by molar-refractivity contribution is 0.328. The zero-order chi connectivity index (χ0) is 13.4. The number of rotatable bonds is 2. The van der Waals surface area contributed by atoms with Crippen molar-refractivity contribution in [2.24, 2.45) is 5.41 Å². The van der Waals surface area contributed by atoms with E-state index in [1.807, 2.05) is 13.8 Å². The summed E-state index contributed by atoms with van der Waals surface area (Å²) in [6.45, 7) is 12.7. The van der Waals surface area contributed by atoms with E-state index in [1.165, 1.54) is 0 Å². The fraction of sp³-hybridized carbons (Fsp3) is 0.692. The van der Waals surface area contributed by atoms with E-state index in [4.69, 9.17) is 5.73 Å². The first kappa shape index (κ1) is 13.7. The van der Waals surface area contributed by atoms with Gasteiger partial charge in [-0.15, -0.1) is 0 Å². The second kappa shape index (κ2) is 4.51. The number of nitrogens with zero attached hydrogens (tertiary/aromatic N) is 3. The van der Waals surface area contributed by atoms with E-state index in [1.54, 1.807) is 0 Å². The monoisotopic (exact) mass is 236 g/mol. The quantitative estimate of drug-likeness (QED) is 0.857. The van der Waals surface area contributed by atoms with Gasteiger partial charge < -0.3 is 10.6 Å². The smallest absolute Gasteiger partial charge is 0.137 e. The number of anilines is 2. The van der Waals surface area contributed by atoms with Crippen molar-refractivity contribution in [3.05, 3.63) is 11.4 Å². The summed E-state index contributed by atoms with van der Waals surface area (Å²) in [6.07, 6.45) is 0. The Hall–Kier alpha value is -1.32. The molecule has 1 aromatic heterocycles. The minimum Gasteiger partial charge on any atom is -0.383 e. The average Bonchev–Trinajstić information content (AvgIpc) is 2.20. The van der Waals surface area contributed by atoms with Gasteiger partial charge in [0.05, 0.1) is 0 Å². The summed E-state index contributed by atoms with van der Waals surface area (Å²) in [6, 6.07) is 0.370. The molecule has 0 radical (unpaired) electrons. The number of nitrogen functional groups attached to an aromatic ring is 1. The molecule has 0 aliphatic heterocycles. The van der Waals surface area contributed by atoms with Crippen molar-refractivity contribution in [3.8, 4) is 0 Å². The Morgan fingerprint density at radius 2 is 1.71 bits per heavy atom. The minimum atomic E-state index is 0.189. The van der Waals surface area contributed by atoms with Gasteiger partial charge in [0.1, 0.15) is 17.5 Å². The SMILES string of the molecule is Cc1nc(N)c(C)c(N(C)C(C)C(C)(C)C)n1. The van der Waals surface area contributed by atoms with Gasteiger partial charge in [-0.25, -0.2) is 9.97 Å². The van der Waals surface area contributed by atoms with Crippen molar-refractivity contribution < 1.29 is 0 Å². The Morgan fingerprint density at radius 1 is 1.18 bits per heavy atom. The van der Waals surface area contributed by atoms with Crippen LogP contribution < -0.4 is 10.6 Å². The van der Waals surface area contributed by atoms with Crippen molar-refractivity contribution in [2.45, 2.75) is 47.6 Å². The highest BCUT2D eigenvalue weighted by molar-refractivity contribution is 5.56. The normalized spacial score (nSPS) is 13.6. The van der Waals surface area contributed by atoms with Gasteiger partial charge in [-0.3, -0.25) is 0 Å². The van der Waals surface area contributed by atoms with Crippen molar-refractivity contribution in [1.29, 1.82) is 0 Å². The zero-order valence-electron chi connectivity index (χ0n) is 12.0. The summed E-state index contributed by atoms with van der Waals surface area (Å²) in [5.74, 6) is 2.22. The van der Waals surface area contributed by atoms with Crippen LogP contribution in [0.3, 0.4) is 0 Å². The van der Waals surface area contributed by atoms with Gasteiger partial charge >= 0.3 is 0 Å². The number of aromatic nitrogens is 2. The molecule has 17 heavy (non-hydrogen) atoms. The fourth-order valence-electron chi connectivity index (χ4n) is 1.74. The van der Waals surface area contributed by atoms with Crippen LogP contribution in [-0.4, -0.2) is 23.1 Å². The van der Waals surface area contributed by atoms with E-state index in [2.05, 4.69) is 49.6 Å². The lowest BCUT2D eigenvalue weighted by Gasteiger charge is -2.36. The van der Waals surface area contributed by atoms with Crippen LogP contribution in [0, 0.1) is 19.3 Å². The number of nitrogens with two attached hydrogens (primary N) is 1. The van der Waals surface area contributed by atoms with Gasteiger partial charge in [-0.2, -0.15) is 0 Å². The molecule has 0 aliphatic rings. The highest BCUT2D eigenvalue weighted by atomic mass is 15.2. The maximum Gasteiger partial charge on any atom is 0.137 e. The first-order valence-corrected chi connectivity index (χ1v) is 5.98. The molecule has 1 rings (SSSR count). The number of aryl methyl sites for hydroxylation is 1. The Morgan fingerprint density at radius 3 is 2.18 bits per heavy atom. The Bertz CT molecular complexity index is 407. The second-order valence-corrected chi connectivity index (χ2v) is 5.76. The summed E-state index contributed by atoms with van der Waals surface area (Å²) in [5, 5.41) is 0. The van der Waals surface area contributed by atoms with Gasteiger partial charge in [-0.1, -0.05) is 20.8 Å². The highest BCUT2D eigenvalue weighted by Crippen LogP contribution is 2.29. The molecule has 0 aromatic carbocycles. The summed E-state index contributed by atoms with van der Waals surface area (Å²) in [5.41, 5.74) is 7.03. The number of hydrogen-bond donors (Lipinski definition) is 1. The van der Waals surface area contributed by atoms with Crippen molar-refractivity contribution in [2.75, 3.05) is 17.7 Å². The molecular formula is C13H24N4. The van der Waals surface area contributed by atoms with E-state index in [-0.39, 0.29) is 5.41 Å². The molecule has 0 aliphatic carbocycles. The highest BCUT2D eigenvalue weighted by Gasteiger charge is 2.26. The van der Waals surface area contributed by atoms with Crippen molar-refractivity contribution >= 4 is 11.6 Å². The predicted octanol–water partition coefficient (Wildman–Crippen LogP) is 2.55. The van der Waals surface area contributed by atoms with E-state index in [9.17, 15) is 0 Å². The second-order valence-electron chi connectivity index (χ2n) is 5.76. The predicted molar refractivity (Wildman–Crippen MR) is 73.2 cm³/mol.